The first kappa shape index (κ1) is 12.1. The van der Waals surface area contributed by atoms with Gasteiger partial charge in [0, 0.05) is 17.1 Å². The van der Waals surface area contributed by atoms with Crippen LogP contribution in [-0.2, 0) is 0 Å². The number of likely N-dealkylation sites (tertiary alicyclic amines) is 1. The molecule has 0 aliphatic carbocycles. The van der Waals surface area contributed by atoms with E-state index >= 15 is 0 Å². The maximum atomic E-state index is 5.76. The molecule has 2 unspecified atom stereocenters. The average Bonchev–Trinajstić information content (AvgIpc) is 2.64. The highest BCUT2D eigenvalue weighted by molar-refractivity contribution is 9.10. The van der Waals surface area contributed by atoms with Crippen molar-refractivity contribution in [3.05, 3.63) is 33.8 Å². The number of nitrogens with zero attached hydrogens (tertiary/aromatic N) is 1. The van der Waals surface area contributed by atoms with Crippen molar-refractivity contribution in [1.29, 1.82) is 0 Å². The van der Waals surface area contributed by atoms with E-state index in [0.29, 0.717) is 12.0 Å². The van der Waals surface area contributed by atoms with Gasteiger partial charge >= 0.3 is 0 Å². The monoisotopic (exact) mass is 282 g/mol. The number of halogens is 1. The zero-order valence-electron chi connectivity index (χ0n) is 9.91. The molecule has 2 rings (SSSR count). The average molecular weight is 283 g/mol. The summed E-state index contributed by atoms with van der Waals surface area (Å²) in [5.41, 5.74) is 8.48. The minimum atomic E-state index is 0.542. The van der Waals surface area contributed by atoms with Crippen LogP contribution in [-0.4, -0.2) is 25.0 Å². The van der Waals surface area contributed by atoms with Gasteiger partial charge in [-0.05, 0) is 50.0 Å². The molecule has 0 amide bonds. The van der Waals surface area contributed by atoms with Gasteiger partial charge in [-0.3, -0.25) is 4.90 Å². The molecule has 16 heavy (non-hydrogen) atoms. The van der Waals surface area contributed by atoms with Crippen LogP contribution in [0.2, 0.25) is 0 Å². The van der Waals surface area contributed by atoms with Crippen molar-refractivity contribution >= 4 is 15.9 Å². The highest BCUT2D eigenvalue weighted by Crippen LogP contribution is 2.34. The second-order valence-corrected chi connectivity index (χ2v) is 5.66. The Balaban J connectivity index is 2.21. The van der Waals surface area contributed by atoms with E-state index in [1.165, 1.54) is 22.0 Å². The standard InChI is InChI=1S/C13H19BrN2/c1-9-5-11(3-4-12(9)14)13-6-10(7-15)8-16(13)2/h3-5,10,13H,6-8,15H2,1-2H3. The highest BCUT2D eigenvalue weighted by Gasteiger charge is 2.29. The molecule has 0 bridgehead atoms. The van der Waals surface area contributed by atoms with E-state index in [9.17, 15) is 0 Å². The van der Waals surface area contributed by atoms with Gasteiger partial charge in [0.25, 0.3) is 0 Å². The molecule has 0 radical (unpaired) electrons. The summed E-state index contributed by atoms with van der Waals surface area (Å²) in [6, 6.07) is 7.19. The molecule has 88 valence electrons. The quantitative estimate of drug-likeness (QED) is 0.904. The fraction of sp³-hybridized carbons (Fsp3) is 0.538. The first-order valence-electron chi connectivity index (χ1n) is 5.78. The number of benzene rings is 1. The van der Waals surface area contributed by atoms with Crippen LogP contribution < -0.4 is 5.73 Å². The van der Waals surface area contributed by atoms with Crippen molar-refractivity contribution in [3.63, 3.8) is 0 Å². The fourth-order valence-corrected chi connectivity index (χ4v) is 2.79. The Morgan fingerprint density at radius 1 is 1.50 bits per heavy atom. The highest BCUT2D eigenvalue weighted by atomic mass is 79.9. The van der Waals surface area contributed by atoms with E-state index in [1.807, 2.05) is 0 Å². The molecule has 0 aromatic heterocycles. The van der Waals surface area contributed by atoms with Crippen molar-refractivity contribution in [2.24, 2.45) is 11.7 Å². The molecule has 0 spiro atoms. The summed E-state index contributed by atoms with van der Waals surface area (Å²) in [5, 5.41) is 0. The lowest BCUT2D eigenvalue weighted by Crippen LogP contribution is -2.20. The van der Waals surface area contributed by atoms with Crippen molar-refractivity contribution in [2.45, 2.75) is 19.4 Å². The summed E-state index contributed by atoms with van der Waals surface area (Å²) in [7, 11) is 2.19. The largest absolute Gasteiger partial charge is 0.330 e. The third-order valence-electron chi connectivity index (χ3n) is 3.53. The molecule has 2 N–H and O–H groups in total. The van der Waals surface area contributed by atoms with E-state index in [-0.39, 0.29) is 0 Å². The van der Waals surface area contributed by atoms with Gasteiger partial charge < -0.3 is 5.73 Å². The molecule has 1 heterocycles. The summed E-state index contributed by atoms with van der Waals surface area (Å²) >= 11 is 3.54. The van der Waals surface area contributed by atoms with Gasteiger partial charge in [0.1, 0.15) is 0 Å². The summed E-state index contributed by atoms with van der Waals surface area (Å²) in [4.78, 5) is 2.42. The maximum Gasteiger partial charge on any atom is 0.0348 e. The summed E-state index contributed by atoms with van der Waals surface area (Å²) in [6.07, 6.45) is 1.19. The number of nitrogens with two attached hydrogens (primary N) is 1. The van der Waals surface area contributed by atoms with Gasteiger partial charge in [0.15, 0.2) is 0 Å². The Hall–Kier alpha value is -0.380. The number of rotatable bonds is 2. The predicted octanol–water partition coefficient (Wildman–Crippen LogP) is 2.71. The zero-order valence-corrected chi connectivity index (χ0v) is 11.5. The van der Waals surface area contributed by atoms with E-state index in [2.05, 4.69) is 53.0 Å². The van der Waals surface area contributed by atoms with Crippen LogP contribution in [0.1, 0.15) is 23.6 Å². The van der Waals surface area contributed by atoms with Crippen LogP contribution in [0, 0.1) is 12.8 Å². The lowest BCUT2D eigenvalue weighted by atomic mass is 9.99. The van der Waals surface area contributed by atoms with Crippen LogP contribution in [0.15, 0.2) is 22.7 Å². The van der Waals surface area contributed by atoms with Gasteiger partial charge in [-0.15, -0.1) is 0 Å². The van der Waals surface area contributed by atoms with Crippen molar-refractivity contribution in [2.75, 3.05) is 20.1 Å². The second kappa shape index (κ2) is 4.86. The predicted molar refractivity (Wildman–Crippen MR) is 71.4 cm³/mol. The molecular weight excluding hydrogens is 264 g/mol. The van der Waals surface area contributed by atoms with Crippen molar-refractivity contribution < 1.29 is 0 Å². The molecule has 2 atom stereocenters. The topological polar surface area (TPSA) is 29.3 Å². The lowest BCUT2D eigenvalue weighted by Gasteiger charge is -2.20. The van der Waals surface area contributed by atoms with Crippen LogP contribution in [0.5, 0.6) is 0 Å². The van der Waals surface area contributed by atoms with Crippen LogP contribution in [0.25, 0.3) is 0 Å². The number of hydrogen-bond donors (Lipinski definition) is 1. The minimum absolute atomic E-state index is 0.542. The minimum Gasteiger partial charge on any atom is -0.330 e. The van der Waals surface area contributed by atoms with E-state index < -0.39 is 0 Å². The molecule has 1 aromatic carbocycles. The van der Waals surface area contributed by atoms with Crippen molar-refractivity contribution in [1.82, 2.24) is 4.90 Å². The third-order valence-corrected chi connectivity index (χ3v) is 4.42. The SMILES string of the molecule is Cc1cc(C2CC(CN)CN2C)ccc1Br. The molecule has 1 fully saturated rings. The molecule has 1 aromatic rings. The lowest BCUT2D eigenvalue weighted by molar-refractivity contribution is 0.313. The first-order chi connectivity index (χ1) is 7.61. The fourth-order valence-electron chi connectivity index (χ4n) is 2.54. The molecule has 1 aliphatic rings. The Kier molecular flexibility index (Phi) is 3.67. The normalized spacial score (nSPS) is 26.2. The second-order valence-electron chi connectivity index (χ2n) is 4.80. The van der Waals surface area contributed by atoms with Crippen LogP contribution >= 0.6 is 15.9 Å². The Bertz CT molecular complexity index is 378. The van der Waals surface area contributed by atoms with Gasteiger partial charge in [0.05, 0.1) is 0 Å². The van der Waals surface area contributed by atoms with Crippen molar-refractivity contribution in [3.8, 4) is 0 Å². The summed E-state index contributed by atoms with van der Waals surface area (Å²) < 4.78 is 1.19. The molecular formula is C13H19BrN2. The Morgan fingerprint density at radius 3 is 2.81 bits per heavy atom. The van der Waals surface area contributed by atoms with Gasteiger partial charge in [-0.1, -0.05) is 28.1 Å². The van der Waals surface area contributed by atoms with Crippen LogP contribution in [0.4, 0.5) is 0 Å². The molecule has 3 heteroatoms. The Labute approximate surface area is 106 Å². The van der Waals surface area contributed by atoms with Gasteiger partial charge in [-0.25, -0.2) is 0 Å². The zero-order chi connectivity index (χ0) is 11.7. The van der Waals surface area contributed by atoms with Crippen LogP contribution in [0.3, 0.4) is 0 Å². The molecule has 0 saturated carbocycles. The Morgan fingerprint density at radius 2 is 2.25 bits per heavy atom. The number of aryl methyl sites for hydroxylation is 1. The summed E-state index contributed by atoms with van der Waals surface area (Å²) in [5.74, 6) is 0.652. The molecule has 2 nitrogen and oxygen atoms in total. The third kappa shape index (κ3) is 2.31. The smallest absolute Gasteiger partial charge is 0.0348 e. The summed E-state index contributed by atoms with van der Waals surface area (Å²) in [6.45, 7) is 4.07. The molecule has 1 aliphatic heterocycles. The first-order valence-corrected chi connectivity index (χ1v) is 6.57. The van der Waals surface area contributed by atoms with E-state index in [4.69, 9.17) is 5.73 Å². The van der Waals surface area contributed by atoms with Gasteiger partial charge in [0.2, 0.25) is 0 Å². The molecule has 1 saturated heterocycles. The van der Waals surface area contributed by atoms with E-state index in [1.54, 1.807) is 0 Å². The van der Waals surface area contributed by atoms with Gasteiger partial charge in [-0.2, -0.15) is 0 Å². The maximum absolute atomic E-state index is 5.76. The van der Waals surface area contributed by atoms with E-state index in [0.717, 1.165) is 13.1 Å². The number of hydrogen-bond acceptors (Lipinski definition) is 2.